The standard InChI is InChI=1S/C37H54N2O8S/c1-4-20-44-37-32(48-6-3)24-30(39-47-33-15-9-12-21-43-33)28-22-25(13-7-10-18-40)27(14-8-11-19-41)34(35(28)37)29-23-26(16-17-31(29)46-37)45-36(42)38-5-2/h4,16-17,22-23,25,27,32-35,40-41H,1,5-15,18-21,24H2,2-3H3,(H,38,42)/t25-,27+,32-,33?,34+,35+,37+/m0/s1. The molecule has 5 rings (SSSR count). The van der Waals surface area contributed by atoms with E-state index in [9.17, 15) is 15.0 Å². The predicted molar refractivity (Wildman–Crippen MR) is 187 cm³/mol. The number of oxime groups is 1. The van der Waals surface area contributed by atoms with Crippen molar-refractivity contribution in [3.8, 4) is 11.5 Å². The van der Waals surface area contributed by atoms with E-state index in [-0.39, 0.29) is 48.4 Å². The highest BCUT2D eigenvalue weighted by molar-refractivity contribution is 8.00. The maximum Gasteiger partial charge on any atom is 0.412 e. The number of rotatable bonds is 17. The number of aliphatic hydroxyl groups excluding tert-OH is 2. The fourth-order valence-electron chi connectivity index (χ4n) is 7.94. The minimum atomic E-state index is -1.01. The van der Waals surface area contributed by atoms with Crippen LogP contribution in [0.15, 0.2) is 47.7 Å². The Morgan fingerprint density at radius 1 is 1.17 bits per heavy atom. The summed E-state index contributed by atoms with van der Waals surface area (Å²) in [5.41, 5.74) is 2.94. The number of nitrogens with zero attached hydrogens (tertiary/aromatic N) is 1. The second-order valence-electron chi connectivity index (χ2n) is 13.0. The van der Waals surface area contributed by atoms with E-state index in [0.29, 0.717) is 38.3 Å². The molecule has 1 amide bonds. The number of ether oxygens (including phenoxy) is 4. The van der Waals surface area contributed by atoms with E-state index < -0.39 is 11.9 Å². The number of amides is 1. The zero-order valence-corrected chi connectivity index (χ0v) is 29.4. The number of unbranched alkanes of at least 4 members (excludes halogenated alkanes) is 2. The van der Waals surface area contributed by atoms with E-state index in [1.165, 1.54) is 0 Å². The van der Waals surface area contributed by atoms with Crippen LogP contribution in [-0.2, 0) is 14.3 Å². The Kier molecular flexibility index (Phi) is 13.7. The largest absolute Gasteiger partial charge is 0.460 e. The highest BCUT2D eigenvalue weighted by atomic mass is 32.2. The molecule has 0 bridgehead atoms. The van der Waals surface area contributed by atoms with Gasteiger partial charge >= 0.3 is 6.09 Å². The predicted octanol–water partition coefficient (Wildman–Crippen LogP) is 6.71. The number of hydrogen-bond donors (Lipinski definition) is 3. The molecule has 11 heteroatoms. The Labute approximate surface area is 289 Å². The average Bonchev–Trinajstić information content (AvgIpc) is 3.09. The maximum atomic E-state index is 12.5. The summed E-state index contributed by atoms with van der Waals surface area (Å²) in [5.74, 6) is 1.08. The van der Waals surface area contributed by atoms with Gasteiger partial charge in [-0.1, -0.05) is 37.1 Å². The van der Waals surface area contributed by atoms with Gasteiger partial charge in [-0.15, -0.1) is 6.58 Å². The molecule has 2 fully saturated rings. The van der Waals surface area contributed by atoms with Gasteiger partial charge in [0, 0.05) is 44.1 Å². The van der Waals surface area contributed by atoms with Crippen molar-refractivity contribution in [2.45, 2.75) is 101 Å². The number of carbonyl (C=O) groups excluding carboxylic acids is 1. The van der Waals surface area contributed by atoms with Crippen LogP contribution >= 0.6 is 11.8 Å². The van der Waals surface area contributed by atoms with Gasteiger partial charge in [0.2, 0.25) is 12.1 Å². The van der Waals surface area contributed by atoms with Crippen molar-refractivity contribution >= 4 is 23.6 Å². The molecule has 2 heterocycles. The van der Waals surface area contributed by atoms with Gasteiger partial charge in [-0.2, -0.15) is 11.8 Å². The normalized spacial score (nSPS) is 30.0. The van der Waals surface area contributed by atoms with Crippen LogP contribution in [0.4, 0.5) is 4.79 Å². The molecule has 2 aliphatic carbocycles. The first-order valence-electron chi connectivity index (χ1n) is 17.9. The fraction of sp³-hybridized carbons (Fsp3) is 0.676. The van der Waals surface area contributed by atoms with Crippen molar-refractivity contribution in [1.29, 1.82) is 0 Å². The zero-order chi connectivity index (χ0) is 33.9. The van der Waals surface area contributed by atoms with E-state index in [4.69, 9.17) is 28.9 Å². The fourth-order valence-corrected chi connectivity index (χ4v) is 9.12. The third-order valence-electron chi connectivity index (χ3n) is 9.94. The minimum absolute atomic E-state index is 0.0643. The molecule has 1 saturated carbocycles. The molecule has 0 spiro atoms. The Morgan fingerprint density at radius 3 is 2.69 bits per heavy atom. The molecule has 10 nitrogen and oxygen atoms in total. The van der Waals surface area contributed by atoms with Crippen molar-refractivity contribution in [2.24, 2.45) is 22.9 Å². The first kappa shape index (κ1) is 36.7. The molecule has 1 saturated heterocycles. The van der Waals surface area contributed by atoms with Gasteiger partial charge in [-0.3, -0.25) is 0 Å². The van der Waals surface area contributed by atoms with Crippen LogP contribution in [0.3, 0.4) is 0 Å². The van der Waals surface area contributed by atoms with Crippen molar-refractivity contribution < 1.29 is 38.8 Å². The maximum absolute atomic E-state index is 12.5. The molecule has 7 atom stereocenters. The molecule has 3 N–H and O–H groups in total. The van der Waals surface area contributed by atoms with Crippen LogP contribution in [0.25, 0.3) is 0 Å². The van der Waals surface area contributed by atoms with Crippen molar-refractivity contribution in [3.05, 3.63) is 48.1 Å². The summed E-state index contributed by atoms with van der Waals surface area (Å²) in [7, 11) is 0. The second-order valence-corrected chi connectivity index (χ2v) is 14.5. The quantitative estimate of drug-likeness (QED) is 0.0931. The molecule has 48 heavy (non-hydrogen) atoms. The van der Waals surface area contributed by atoms with Crippen molar-refractivity contribution in [3.63, 3.8) is 0 Å². The topological polar surface area (TPSA) is 128 Å². The molecule has 1 aromatic carbocycles. The Morgan fingerprint density at radius 2 is 1.98 bits per heavy atom. The highest BCUT2D eigenvalue weighted by Crippen LogP contribution is 2.62. The van der Waals surface area contributed by atoms with E-state index in [2.05, 4.69) is 24.9 Å². The summed E-state index contributed by atoms with van der Waals surface area (Å²) < 4.78 is 25.6. The number of hydrogen-bond acceptors (Lipinski definition) is 10. The number of benzene rings is 1. The van der Waals surface area contributed by atoms with Gasteiger partial charge < -0.3 is 39.3 Å². The molecule has 4 aliphatic rings. The lowest BCUT2D eigenvalue weighted by atomic mass is 9.56. The number of fused-ring (bicyclic) bond motifs is 2. The van der Waals surface area contributed by atoms with Gasteiger partial charge in [0.15, 0.2) is 0 Å². The van der Waals surface area contributed by atoms with Crippen LogP contribution in [0.2, 0.25) is 0 Å². The number of thioether (sulfide) groups is 1. The molecule has 2 aliphatic heterocycles. The first-order chi connectivity index (χ1) is 23.5. The lowest BCUT2D eigenvalue weighted by Crippen LogP contribution is -2.64. The highest BCUT2D eigenvalue weighted by Gasteiger charge is 2.63. The van der Waals surface area contributed by atoms with Crippen molar-refractivity contribution in [2.75, 3.05) is 38.7 Å². The monoisotopic (exact) mass is 686 g/mol. The van der Waals surface area contributed by atoms with E-state index in [0.717, 1.165) is 79.7 Å². The minimum Gasteiger partial charge on any atom is -0.460 e. The number of carbonyl (C=O) groups is 1. The van der Waals surface area contributed by atoms with Crippen LogP contribution in [0.5, 0.6) is 11.5 Å². The number of aliphatic hydroxyl groups is 2. The van der Waals surface area contributed by atoms with E-state index >= 15 is 0 Å². The van der Waals surface area contributed by atoms with Gasteiger partial charge in [-0.05, 0) is 86.8 Å². The SMILES string of the molecule is C=CCO[C@@]12Oc3ccc(OC(=O)NCC)cc3[C@H]3[C@H](CCCCO)[C@@H](CCCCO)C=C(C(=NOC4CCCCO4)C[C@@H]1SCC)[C@H]32. The van der Waals surface area contributed by atoms with Gasteiger partial charge in [0.1, 0.15) is 11.5 Å². The van der Waals surface area contributed by atoms with Crippen molar-refractivity contribution in [1.82, 2.24) is 5.32 Å². The second kappa shape index (κ2) is 17.9. The van der Waals surface area contributed by atoms with Crippen LogP contribution in [0, 0.1) is 17.8 Å². The van der Waals surface area contributed by atoms with Gasteiger partial charge in [-0.25, -0.2) is 4.79 Å². The molecule has 1 unspecified atom stereocenters. The molecule has 0 radical (unpaired) electrons. The number of allylic oxidation sites excluding steroid dienone is 1. The third kappa shape index (κ3) is 8.24. The first-order valence-corrected chi connectivity index (χ1v) is 19.0. The van der Waals surface area contributed by atoms with Crippen LogP contribution in [0.1, 0.15) is 89.5 Å². The van der Waals surface area contributed by atoms with E-state index in [1.807, 2.05) is 19.1 Å². The summed E-state index contributed by atoms with van der Waals surface area (Å²) >= 11 is 1.81. The molecule has 0 aromatic heterocycles. The summed E-state index contributed by atoms with van der Waals surface area (Å²) in [4.78, 5) is 18.6. The van der Waals surface area contributed by atoms with Crippen LogP contribution in [-0.4, -0.2) is 78.1 Å². The summed E-state index contributed by atoms with van der Waals surface area (Å²) in [6.07, 6.45) is 11.7. The Hall–Kier alpha value is -2.57. The zero-order valence-electron chi connectivity index (χ0n) is 28.6. The Bertz CT molecular complexity index is 1280. The average molecular weight is 687 g/mol. The smallest absolute Gasteiger partial charge is 0.412 e. The van der Waals surface area contributed by atoms with E-state index in [1.54, 1.807) is 23.9 Å². The molecular formula is C37H54N2O8S. The number of nitrogens with one attached hydrogen (secondary N) is 1. The summed E-state index contributed by atoms with van der Waals surface area (Å²) in [6.45, 7) is 9.72. The molecule has 1 aromatic rings. The molecule has 266 valence electrons. The van der Waals surface area contributed by atoms with Crippen LogP contribution < -0.4 is 14.8 Å². The summed E-state index contributed by atoms with van der Waals surface area (Å²) in [5, 5.41) is 26.9. The third-order valence-corrected chi connectivity index (χ3v) is 11.2. The van der Waals surface area contributed by atoms with Gasteiger partial charge in [0.25, 0.3) is 0 Å². The lowest BCUT2D eigenvalue weighted by molar-refractivity contribution is -0.223. The Balaban J connectivity index is 1.68. The molecular weight excluding hydrogens is 632 g/mol. The van der Waals surface area contributed by atoms with Gasteiger partial charge in [0.05, 0.1) is 30.1 Å². The lowest BCUT2D eigenvalue weighted by Gasteiger charge is -2.58. The summed E-state index contributed by atoms with van der Waals surface area (Å²) in [6, 6.07) is 5.65.